The molecule has 3 heterocycles. The van der Waals surface area contributed by atoms with Gasteiger partial charge in [0.1, 0.15) is 0 Å². The van der Waals surface area contributed by atoms with Crippen LogP contribution in [-0.2, 0) is 17.7 Å². The number of thiophene rings is 1. The fourth-order valence-electron chi connectivity index (χ4n) is 2.83. The van der Waals surface area contributed by atoms with Crippen molar-refractivity contribution >= 4 is 11.3 Å². The maximum atomic E-state index is 5.38. The Balaban J connectivity index is 1.39. The van der Waals surface area contributed by atoms with Gasteiger partial charge < -0.3 is 10.1 Å². The number of nitrogens with one attached hydrogen (secondary N) is 1. The lowest BCUT2D eigenvalue weighted by Crippen LogP contribution is -2.41. The van der Waals surface area contributed by atoms with Gasteiger partial charge in [0.15, 0.2) is 0 Å². The smallest absolute Gasteiger partial charge is 0.0480 e. The Labute approximate surface area is 113 Å². The summed E-state index contributed by atoms with van der Waals surface area (Å²) in [6.07, 6.45) is 3.59. The van der Waals surface area contributed by atoms with E-state index >= 15 is 0 Å². The van der Waals surface area contributed by atoms with Gasteiger partial charge in [0.2, 0.25) is 0 Å². The van der Waals surface area contributed by atoms with E-state index in [1.165, 1.54) is 32.4 Å². The molecule has 18 heavy (non-hydrogen) atoms. The molecule has 0 spiro atoms. The van der Waals surface area contributed by atoms with Gasteiger partial charge in [-0.3, -0.25) is 4.90 Å². The van der Waals surface area contributed by atoms with Crippen LogP contribution in [-0.4, -0.2) is 43.8 Å². The molecule has 1 aromatic rings. The molecule has 1 aromatic heterocycles. The second kappa shape index (κ2) is 6.15. The first-order valence-corrected chi connectivity index (χ1v) is 7.88. The molecular weight excluding hydrogens is 244 g/mol. The van der Waals surface area contributed by atoms with Crippen LogP contribution in [0.5, 0.6) is 0 Å². The molecule has 3 rings (SSSR count). The van der Waals surface area contributed by atoms with Gasteiger partial charge in [0, 0.05) is 50.3 Å². The van der Waals surface area contributed by atoms with E-state index in [2.05, 4.69) is 21.7 Å². The number of ether oxygens (including phenoxy) is 1. The highest BCUT2D eigenvalue weighted by atomic mass is 32.1. The average molecular weight is 266 g/mol. The maximum Gasteiger partial charge on any atom is 0.0480 e. The van der Waals surface area contributed by atoms with E-state index in [-0.39, 0.29) is 0 Å². The maximum absolute atomic E-state index is 5.38. The molecule has 0 radical (unpaired) electrons. The van der Waals surface area contributed by atoms with E-state index in [4.69, 9.17) is 4.74 Å². The van der Waals surface area contributed by atoms with Crippen molar-refractivity contribution in [3.05, 3.63) is 21.9 Å². The van der Waals surface area contributed by atoms with E-state index in [1.807, 2.05) is 11.3 Å². The Kier molecular flexibility index (Phi) is 4.31. The minimum absolute atomic E-state index is 0.681. The predicted molar refractivity (Wildman–Crippen MR) is 75.1 cm³/mol. The number of nitrogens with zero attached hydrogens (tertiary/aromatic N) is 1. The summed E-state index contributed by atoms with van der Waals surface area (Å²) in [7, 11) is 0. The van der Waals surface area contributed by atoms with Gasteiger partial charge in [-0.1, -0.05) is 0 Å². The van der Waals surface area contributed by atoms with Crippen LogP contribution < -0.4 is 5.32 Å². The topological polar surface area (TPSA) is 24.5 Å². The molecule has 1 saturated heterocycles. The van der Waals surface area contributed by atoms with E-state index in [0.717, 1.165) is 26.3 Å². The fraction of sp³-hybridized carbons (Fsp3) is 0.714. The third-order valence-corrected chi connectivity index (χ3v) is 4.99. The fourth-order valence-corrected chi connectivity index (χ4v) is 3.72. The van der Waals surface area contributed by atoms with Crippen molar-refractivity contribution in [2.75, 3.05) is 32.8 Å². The third kappa shape index (κ3) is 3.12. The molecule has 0 aliphatic carbocycles. The van der Waals surface area contributed by atoms with E-state index < -0.39 is 0 Å². The lowest BCUT2D eigenvalue weighted by molar-refractivity contribution is 0.0771. The van der Waals surface area contributed by atoms with E-state index in [9.17, 15) is 0 Å². The Morgan fingerprint density at radius 3 is 3.17 bits per heavy atom. The first-order valence-electron chi connectivity index (χ1n) is 7.00. The Morgan fingerprint density at radius 1 is 1.39 bits per heavy atom. The van der Waals surface area contributed by atoms with Crippen LogP contribution in [0.15, 0.2) is 11.4 Å². The Morgan fingerprint density at radius 2 is 2.28 bits per heavy atom. The molecule has 4 heteroatoms. The highest BCUT2D eigenvalue weighted by Gasteiger charge is 2.17. The number of hydrogen-bond donors (Lipinski definition) is 1. The Bertz CT molecular complexity index is 374. The van der Waals surface area contributed by atoms with E-state index in [0.29, 0.717) is 6.04 Å². The van der Waals surface area contributed by atoms with Crippen LogP contribution in [0, 0.1) is 0 Å². The molecule has 1 N–H and O–H groups in total. The van der Waals surface area contributed by atoms with Gasteiger partial charge in [-0.2, -0.15) is 0 Å². The monoisotopic (exact) mass is 266 g/mol. The second-order valence-corrected chi connectivity index (χ2v) is 6.24. The summed E-state index contributed by atoms with van der Waals surface area (Å²) in [4.78, 5) is 4.17. The normalized spacial score (nSPS) is 22.0. The summed E-state index contributed by atoms with van der Waals surface area (Å²) in [5, 5.41) is 5.90. The molecule has 0 bridgehead atoms. The quantitative estimate of drug-likeness (QED) is 0.900. The van der Waals surface area contributed by atoms with Crippen molar-refractivity contribution in [2.24, 2.45) is 0 Å². The van der Waals surface area contributed by atoms with Crippen molar-refractivity contribution in [1.82, 2.24) is 10.2 Å². The number of rotatable bonds is 4. The molecule has 1 fully saturated rings. The average Bonchev–Trinajstić information content (AvgIpc) is 2.87. The van der Waals surface area contributed by atoms with Crippen LogP contribution in [0.2, 0.25) is 0 Å². The second-order valence-electron chi connectivity index (χ2n) is 5.24. The summed E-state index contributed by atoms with van der Waals surface area (Å²) in [6, 6.07) is 2.97. The molecule has 3 nitrogen and oxygen atoms in total. The predicted octanol–water partition coefficient (Wildman–Crippen LogP) is 1.87. The zero-order valence-electron chi connectivity index (χ0n) is 10.9. The zero-order chi connectivity index (χ0) is 12.2. The minimum Gasteiger partial charge on any atom is -0.381 e. The van der Waals surface area contributed by atoms with Crippen LogP contribution in [0.4, 0.5) is 0 Å². The lowest BCUT2D eigenvalue weighted by atomic mass is 10.1. The zero-order valence-corrected chi connectivity index (χ0v) is 11.7. The highest BCUT2D eigenvalue weighted by Crippen LogP contribution is 2.23. The van der Waals surface area contributed by atoms with Gasteiger partial charge >= 0.3 is 0 Å². The van der Waals surface area contributed by atoms with Crippen LogP contribution in [0.25, 0.3) is 0 Å². The molecule has 2 aliphatic heterocycles. The number of fused-ring (bicyclic) bond motifs is 1. The van der Waals surface area contributed by atoms with Gasteiger partial charge in [-0.25, -0.2) is 0 Å². The van der Waals surface area contributed by atoms with Crippen molar-refractivity contribution in [3.63, 3.8) is 0 Å². The largest absolute Gasteiger partial charge is 0.381 e. The molecule has 0 atom stereocenters. The van der Waals surface area contributed by atoms with Crippen molar-refractivity contribution in [3.8, 4) is 0 Å². The van der Waals surface area contributed by atoms with Crippen LogP contribution in [0.3, 0.4) is 0 Å². The van der Waals surface area contributed by atoms with Crippen LogP contribution in [0.1, 0.15) is 23.3 Å². The van der Waals surface area contributed by atoms with Crippen molar-refractivity contribution in [2.45, 2.75) is 31.8 Å². The Hall–Kier alpha value is -0.420. The summed E-state index contributed by atoms with van der Waals surface area (Å²) in [5.41, 5.74) is 1.55. The molecule has 0 aromatic carbocycles. The SMILES string of the molecule is c1cc2c(s1)CCN(CCNC1CCOCC1)C2. The van der Waals surface area contributed by atoms with E-state index in [1.54, 1.807) is 10.4 Å². The first kappa shape index (κ1) is 12.6. The molecule has 0 saturated carbocycles. The molecular formula is C14H22N2OS. The van der Waals surface area contributed by atoms with Crippen molar-refractivity contribution in [1.29, 1.82) is 0 Å². The summed E-state index contributed by atoms with van der Waals surface area (Å²) in [5.74, 6) is 0. The third-order valence-electron chi connectivity index (χ3n) is 3.97. The highest BCUT2D eigenvalue weighted by molar-refractivity contribution is 7.10. The first-order chi connectivity index (χ1) is 8.92. The van der Waals surface area contributed by atoms with Gasteiger partial charge in [-0.05, 0) is 36.3 Å². The number of hydrogen-bond acceptors (Lipinski definition) is 4. The molecule has 0 unspecified atom stereocenters. The van der Waals surface area contributed by atoms with Crippen LogP contribution >= 0.6 is 11.3 Å². The summed E-state index contributed by atoms with van der Waals surface area (Å²) >= 11 is 1.92. The molecule has 0 amide bonds. The summed E-state index contributed by atoms with van der Waals surface area (Å²) in [6.45, 7) is 6.52. The lowest BCUT2D eigenvalue weighted by Gasteiger charge is -2.28. The molecule has 2 aliphatic rings. The standard InChI is InChI=1S/C14H22N2OS/c1-6-16(11-12-4-10-18-14(1)12)7-5-15-13-2-8-17-9-3-13/h4,10,13,15H,1-3,5-9,11H2. The molecule has 100 valence electrons. The van der Waals surface area contributed by atoms with Crippen molar-refractivity contribution < 1.29 is 4.74 Å². The van der Waals surface area contributed by atoms with Gasteiger partial charge in [-0.15, -0.1) is 11.3 Å². The van der Waals surface area contributed by atoms with Gasteiger partial charge in [0.25, 0.3) is 0 Å². The minimum atomic E-state index is 0.681. The summed E-state index contributed by atoms with van der Waals surface area (Å²) < 4.78 is 5.38. The van der Waals surface area contributed by atoms with Gasteiger partial charge in [0.05, 0.1) is 0 Å².